The second-order valence-corrected chi connectivity index (χ2v) is 6.45. The maximum absolute atomic E-state index is 12.6. The Morgan fingerprint density at radius 2 is 2.04 bits per heavy atom. The van der Waals surface area contributed by atoms with Crippen molar-refractivity contribution in [3.8, 4) is 0 Å². The average molecular weight is 352 g/mol. The predicted octanol–water partition coefficient (Wildman–Crippen LogP) is 1.44. The van der Waals surface area contributed by atoms with Gasteiger partial charge in [-0.15, -0.1) is 0 Å². The number of nitrogens with one attached hydrogen (secondary N) is 3. The number of amides is 1. The van der Waals surface area contributed by atoms with Crippen LogP contribution in [0.5, 0.6) is 0 Å². The monoisotopic (exact) mass is 352 g/mol. The Bertz CT molecular complexity index is 958. The van der Waals surface area contributed by atoms with Crippen LogP contribution in [0.4, 0.5) is 5.82 Å². The van der Waals surface area contributed by atoms with Gasteiger partial charge < -0.3 is 10.2 Å². The third kappa shape index (κ3) is 3.17. The fourth-order valence-corrected chi connectivity index (χ4v) is 3.44. The molecule has 1 unspecified atom stereocenters. The second-order valence-electron chi connectivity index (χ2n) is 6.45. The van der Waals surface area contributed by atoms with Crippen molar-refractivity contribution in [2.24, 2.45) is 0 Å². The van der Waals surface area contributed by atoms with E-state index in [0.29, 0.717) is 12.2 Å². The van der Waals surface area contributed by atoms with Crippen LogP contribution in [0.15, 0.2) is 41.2 Å². The lowest BCUT2D eigenvalue weighted by Crippen LogP contribution is -2.47. The van der Waals surface area contributed by atoms with Crippen LogP contribution in [0.3, 0.4) is 0 Å². The minimum absolute atomic E-state index is 0.135. The summed E-state index contributed by atoms with van der Waals surface area (Å²) in [5, 5.41) is 17.4. The molecular weight excluding hydrogens is 332 g/mol. The summed E-state index contributed by atoms with van der Waals surface area (Å²) in [6, 6.07) is 10.9. The van der Waals surface area contributed by atoms with E-state index in [1.165, 1.54) is 6.07 Å². The summed E-state index contributed by atoms with van der Waals surface area (Å²) in [6.07, 6.45) is 3.13. The van der Waals surface area contributed by atoms with Crippen molar-refractivity contribution >= 4 is 22.6 Å². The van der Waals surface area contributed by atoms with Gasteiger partial charge in [0.05, 0.1) is 5.52 Å². The summed E-state index contributed by atoms with van der Waals surface area (Å²) in [5.74, 6) is 0.538. The van der Waals surface area contributed by atoms with Gasteiger partial charge in [0.1, 0.15) is 5.82 Å². The fourth-order valence-electron chi connectivity index (χ4n) is 3.44. The summed E-state index contributed by atoms with van der Waals surface area (Å²) in [6.45, 7) is 1.35. The molecule has 1 atom stereocenters. The lowest BCUT2D eigenvalue weighted by Gasteiger charge is -2.36. The number of H-pyrrole nitrogens is 2. The fraction of sp³-hybridized carbons (Fsp3) is 0.333. The molecule has 8 nitrogen and oxygen atoms in total. The van der Waals surface area contributed by atoms with E-state index in [9.17, 15) is 9.59 Å². The maximum atomic E-state index is 12.6. The summed E-state index contributed by atoms with van der Waals surface area (Å²) in [4.78, 5) is 26.0. The minimum Gasteiger partial charge on any atom is -0.350 e. The largest absolute Gasteiger partial charge is 0.350 e. The Kier molecular flexibility index (Phi) is 4.39. The first-order chi connectivity index (χ1) is 12.7. The van der Waals surface area contributed by atoms with Crippen molar-refractivity contribution in [3.05, 3.63) is 52.4 Å². The van der Waals surface area contributed by atoms with E-state index in [2.05, 4.69) is 30.6 Å². The number of nitrogens with zero attached hydrogens (tertiary/aromatic N) is 3. The van der Waals surface area contributed by atoms with Crippen molar-refractivity contribution in [2.45, 2.75) is 25.3 Å². The molecule has 3 aromatic rings. The van der Waals surface area contributed by atoms with Gasteiger partial charge in [-0.1, -0.05) is 18.2 Å². The molecule has 1 aliphatic heterocycles. The molecule has 0 aliphatic carbocycles. The van der Waals surface area contributed by atoms with Crippen LogP contribution in [0, 0.1) is 0 Å². The molecule has 3 heterocycles. The van der Waals surface area contributed by atoms with Crippen molar-refractivity contribution in [1.82, 2.24) is 25.7 Å². The first-order valence-corrected chi connectivity index (χ1v) is 8.76. The average Bonchev–Trinajstić information content (AvgIpc) is 3.11. The van der Waals surface area contributed by atoms with Crippen molar-refractivity contribution in [1.29, 1.82) is 0 Å². The highest BCUT2D eigenvalue weighted by Gasteiger charge is 2.25. The zero-order valence-corrected chi connectivity index (χ0v) is 14.2. The molecular formula is C18H20N6O2. The molecule has 1 amide bonds. The molecule has 1 aliphatic rings. The van der Waals surface area contributed by atoms with E-state index in [-0.39, 0.29) is 17.5 Å². The minimum atomic E-state index is -0.221. The molecule has 0 saturated carbocycles. The van der Waals surface area contributed by atoms with Crippen LogP contribution in [0.1, 0.15) is 29.8 Å². The van der Waals surface area contributed by atoms with E-state index < -0.39 is 0 Å². The molecule has 0 spiro atoms. The van der Waals surface area contributed by atoms with Crippen molar-refractivity contribution in [3.63, 3.8) is 0 Å². The topological polar surface area (TPSA) is 107 Å². The molecule has 2 aromatic heterocycles. The number of hydrogen-bond donors (Lipinski definition) is 3. The first kappa shape index (κ1) is 16.3. The van der Waals surface area contributed by atoms with E-state index in [1.54, 1.807) is 6.07 Å². The van der Waals surface area contributed by atoms with Gasteiger partial charge in [0, 0.05) is 30.6 Å². The summed E-state index contributed by atoms with van der Waals surface area (Å²) < 4.78 is 0. The van der Waals surface area contributed by atoms with Gasteiger partial charge in [-0.3, -0.25) is 14.7 Å². The normalized spacial score (nSPS) is 17.4. The maximum Gasteiger partial charge on any atom is 0.272 e. The van der Waals surface area contributed by atoms with Gasteiger partial charge in [0.15, 0.2) is 5.69 Å². The molecule has 26 heavy (non-hydrogen) atoms. The number of benzene rings is 1. The number of rotatable bonds is 4. The van der Waals surface area contributed by atoms with Gasteiger partial charge in [0.25, 0.3) is 11.5 Å². The van der Waals surface area contributed by atoms with Crippen molar-refractivity contribution in [2.75, 3.05) is 18.0 Å². The smallest absolute Gasteiger partial charge is 0.272 e. The second kappa shape index (κ2) is 6.99. The first-order valence-electron chi connectivity index (χ1n) is 8.76. The molecule has 1 aromatic carbocycles. The molecule has 1 saturated heterocycles. The summed E-state index contributed by atoms with van der Waals surface area (Å²) in [5.41, 5.74) is 1.03. The Balaban J connectivity index is 1.47. The summed E-state index contributed by atoms with van der Waals surface area (Å²) >= 11 is 0. The molecule has 8 heteroatoms. The SMILES string of the molecule is O=C(NCC1CCCCN1c1ccc(=O)[nH]n1)c1n[nH]c2ccccc12. The van der Waals surface area contributed by atoms with Crippen LogP contribution in [0.25, 0.3) is 10.9 Å². The molecule has 0 radical (unpaired) electrons. The van der Waals surface area contributed by atoms with Crippen LogP contribution < -0.4 is 15.8 Å². The highest BCUT2D eigenvalue weighted by atomic mass is 16.2. The standard InChI is InChI=1S/C18H20N6O2/c25-16-9-8-15(21-22-16)24-10-4-3-5-12(24)11-19-18(26)17-13-6-1-2-7-14(13)20-23-17/h1-2,6-9,12H,3-5,10-11H2,(H,19,26)(H,20,23)(H,22,25). The number of aromatic nitrogens is 4. The van der Waals surface area contributed by atoms with Crippen LogP contribution in [0.2, 0.25) is 0 Å². The van der Waals surface area contributed by atoms with Crippen LogP contribution >= 0.6 is 0 Å². The van der Waals surface area contributed by atoms with Gasteiger partial charge >= 0.3 is 0 Å². The Morgan fingerprint density at radius 3 is 2.88 bits per heavy atom. The Labute approximate surface area is 149 Å². The number of carbonyl (C=O) groups is 1. The van der Waals surface area contributed by atoms with Gasteiger partial charge in [-0.05, 0) is 31.4 Å². The van der Waals surface area contributed by atoms with E-state index >= 15 is 0 Å². The summed E-state index contributed by atoms with van der Waals surface area (Å²) in [7, 11) is 0. The third-order valence-electron chi connectivity index (χ3n) is 4.77. The molecule has 3 N–H and O–H groups in total. The van der Waals surface area contributed by atoms with Crippen molar-refractivity contribution < 1.29 is 4.79 Å². The Morgan fingerprint density at radius 1 is 1.15 bits per heavy atom. The van der Waals surface area contributed by atoms with Crippen LogP contribution in [-0.4, -0.2) is 45.4 Å². The van der Waals surface area contributed by atoms with E-state index in [1.807, 2.05) is 24.3 Å². The van der Waals surface area contributed by atoms with E-state index in [0.717, 1.165) is 42.5 Å². The highest BCUT2D eigenvalue weighted by Crippen LogP contribution is 2.22. The number of piperidine rings is 1. The molecule has 0 bridgehead atoms. The zero-order valence-electron chi connectivity index (χ0n) is 14.2. The van der Waals surface area contributed by atoms with Gasteiger partial charge in [-0.2, -0.15) is 10.2 Å². The van der Waals surface area contributed by atoms with E-state index in [4.69, 9.17) is 0 Å². The number of carbonyl (C=O) groups excluding carboxylic acids is 1. The van der Waals surface area contributed by atoms with Crippen LogP contribution in [-0.2, 0) is 0 Å². The predicted molar refractivity (Wildman–Crippen MR) is 98.3 cm³/mol. The Hall–Kier alpha value is -3.16. The molecule has 1 fully saturated rings. The number of fused-ring (bicyclic) bond motifs is 1. The highest BCUT2D eigenvalue weighted by molar-refractivity contribution is 6.04. The lowest BCUT2D eigenvalue weighted by atomic mass is 10.0. The number of para-hydroxylation sites is 1. The van der Waals surface area contributed by atoms with Gasteiger partial charge in [0.2, 0.25) is 0 Å². The van der Waals surface area contributed by atoms with Gasteiger partial charge in [-0.25, -0.2) is 5.10 Å². The molecule has 4 rings (SSSR count). The zero-order chi connectivity index (χ0) is 17.9. The quantitative estimate of drug-likeness (QED) is 0.659. The number of hydrogen-bond acceptors (Lipinski definition) is 5. The lowest BCUT2D eigenvalue weighted by molar-refractivity contribution is 0.0946. The number of aromatic amines is 2. The number of anilines is 1. The third-order valence-corrected chi connectivity index (χ3v) is 4.77. The molecule has 134 valence electrons.